The van der Waals surface area contributed by atoms with Crippen molar-refractivity contribution in [3.8, 4) is 0 Å². The fourth-order valence-electron chi connectivity index (χ4n) is 0.983. The standard InChI is InChI=1S/C8H17NOS/c1-7(10)8(9-2)5-4-6-11-3/h8-9H,4-6H2,1-3H3. The SMILES string of the molecule is CNC(CCCSC)C(C)=O. The third-order valence-corrected chi connectivity index (χ3v) is 2.38. The highest BCUT2D eigenvalue weighted by Crippen LogP contribution is 2.03. The number of Topliss-reactive ketones (excluding diaryl/α,β-unsaturated/α-hetero) is 1. The summed E-state index contributed by atoms with van der Waals surface area (Å²) >= 11 is 1.83. The molecule has 0 radical (unpaired) electrons. The zero-order valence-electron chi connectivity index (χ0n) is 7.52. The van der Waals surface area contributed by atoms with Gasteiger partial charge in [-0.2, -0.15) is 11.8 Å². The number of hydrogen-bond acceptors (Lipinski definition) is 3. The molecule has 0 saturated carbocycles. The van der Waals surface area contributed by atoms with Gasteiger partial charge in [0.15, 0.2) is 0 Å². The number of rotatable bonds is 6. The van der Waals surface area contributed by atoms with Crippen LogP contribution < -0.4 is 5.32 Å². The van der Waals surface area contributed by atoms with Gasteiger partial charge in [-0.25, -0.2) is 0 Å². The molecule has 1 unspecified atom stereocenters. The van der Waals surface area contributed by atoms with Crippen LogP contribution in [0.25, 0.3) is 0 Å². The van der Waals surface area contributed by atoms with Crippen LogP contribution in [0.5, 0.6) is 0 Å². The van der Waals surface area contributed by atoms with E-state index in [9.17, 15) is 4.79 Å². The average Bonchev–Trinajstić information content (AvgIpc) is 1.97. The summed E-state index contributed by atoms with van der Waals surface area (Å²) in [6.45, 7) is 1.64. The first-order chi connectivity index (χ1) is 5.22. The molecule has 11 heavy (non-hydrogen) atoms. The summed E-state index contributed by atoms with van der Waals surface area (Å²) in [6.07, 6.45) is 4.17. The summed E-state index contributed by atoms with van der Waals surface area (Å²) in [5.74, 6) is 1.39. The third kappa shape index (κ3) is 5.27. The summed E-state index contributed by atoms with van der Waals surface area (Å²) in [6, 6.07) is 0.0714. The molecule has 0 saturated heterocycles. The molecule has 1 atom stereocenters. The second-order valence-electron chi connectivity index (χ2n) is 2.59. The predicted octanol–water partition coefficient (Wildman–Crippen LogP) is 1.31. The van der Waals surface area contributed by atoms with E-state index in [2.05, 4.69) is 11.6 Å². The zero-order chi connectivity index (χ0) is 8.69. The van der Waals surface area contributed by atoms with E-state index in [1.807, 2.05) is 18.8 Å². The fraction of sp³-hybridized carbons (Fsp3) is 0.875. The van der Waals surface area contributed by atoms with Crippen molar-refractivity contribution in [2.24, 2.45) is 0 Å². The van der Waals surface area contributed by atoms with Gasteiger partial charge in [-0.05, 0) is 38.8 Å². The van der Waals surface area contributed by atoms with E-state index < -0.39 is 0 Å². The van der Waals surface area contributed by atoms with Crippen LogP contribution in [0.1, 0.15) is 19.8 Å². The number of ketones is 1. The maximum atomic E-state index is 10.9. The van der Waals surface area contributed by atoms with Crippen LogP contribution in [0.3, 0.4) is 0 Å². The molecule has 3 heteroatoms. The van der Waals surface area contributed by atoms with E-state index >= 15 is 0 Å². The van der Waals surface area contributed by atoms with Gasteiger partial charge in [-0.15, -0.1) is 0 Å². The summed E-state index contributed by atoms with van der Waals surface area (Å²) in [4.78, 5) is 10.9. The van der Waals surface area contributed by atoms with Crippen molar-refractivity contribution in [2.45, 2.75) is 25.8 Å². The second-order valence-corrected chi connectivity index (χ2v) is 3.57. The van der Waals surface area contributed by atoms with Crippen LogP contribution in [0.4, 0.5) is 0 Å². The van der Waals surface area contributed by atoms with Crippen LogP contribution in [0.15, 0.2) is 0 Å². The first-order valence-corrected chi connectivity index (χ1v) is 5.28. The molecule has 0 amide bonds. The monoisotopic (exact) mass is 175 g/mol. The van der Waals surface area contributed by atoms with E-state index in [0.717, 1.165) is 18.6 Å². The van der Waals surface area contributed by atoms with Crippen LogP contribution >= 0.6 is 11.8 Å². The number of carbonyl (C=O) groups excluding carboxylic acids is 1. The van der Waals surface area contributed by atoms with Gasteiger partial charge >= 0.3 is 0 Å². The third-order valence-electron chi connectivity index (χ3n) is 1.68. The summed E-state index contributed by atoms with van der Waals surface area (Å²) < 4.78 is 0. The van der Waals surface area contributed by atoms with Crippen molar-refractivity contribution in [2.75, 3.05) is 19.1 Å². The maximum Gasteiger partial charge on any atom is 0.146 e. The lowest BCUT2D eigenvalue weighted by atomic mass is 10.1. The van der Waals surface area contributed by atoms with Crippen LogP contribution in [0.2, 0.25) is 0 Å². The molecule has 0 aliphatic heterocycles. The fourth-order valence-corrected chi connectivity index (χ4v) is 1.44. The molecule has 0 spiro atoms. The van der Waals surface area contributed by atoms with E-state index in [4.69, 9.17) is 0 Å². The lowest BCUT2D eigenvalue weighted by Crippen LogP contribution is -2.32. The van der Waals surface area contributed by atoms with Crippen LogP contribution in [0, 0.1) is 0 Å². The van der Waals surface area contributed by atoms with Crippen molar-refractivity contribution in [3.05, 3.63) is 0 Å². The largest absolute Gasteiger partial charge is 0.311 e. The van der Waals surface area contributed by atoms with Crippen molar-refractivity contribution in [1.82, 2.24) is 5.32 Å². The van der Waals surface area contributed by atoms with Gasteiger partial charge in [0, 0.05) is 0 Å². The molecule has 1 N–H and O–H groups in total. The Morgan fingerprint density at radius 1 is 1.64 bits per heavy atom. The molecule has 0 aromatic carbocycles. The van der Waals surface area contributed by atoms with Crippen molar-refractivity contribution in [1.29, 1.82) is 0 Å². The summed E-state index contributed by atoms with van der Waals surface area (Å²) in [7, 11) is 1.84. The zero-order valence-corrected chi connectivity index (χ0v) is 8.33. The Labute approximate surface area is 73.1 Å². The molecule has 0 fully saturated rings. The molecule has 2 nitrogen and oxygen atoms in total. The Bertz CT molecular complexity index is 117. The Morgan fingerprint density at radius 2 is 2.27 bits per heavy atom. The minimum Gasteiger partial charge on any atom is -0.311 e. The number of thioether (sulfide) groups is 1. The Morgan fingerprint density at radius 3 is 2.64 bits per heavy atom. The maximum absolute atomic E-state index is 10.9. The molecular formula is C8H17NOS. The van der Waals surface area contributed by atoms with Crippen molar-refractivity contribution >= 4 is 17.5 Å². The molecule has 66 valence electrons. The van der Waals surface area contributed by atoms with E-state index in [0.29, 0.717) is 0 Å². The van der Waals surface area contributed by atoms with Crippen molar-refractivity contribution < 1.29 is 4.79 Å². The highest BCUT2D eigenvalue weighted by atomic mass is 32.2. The minimum absolute atomic E-state index is 0.0714. The van der Waals surface area contributed by atoms with E-state index in [-0.39, 0.29) is 11.8 Å². The minimum atomic E-state index is 0.0714. The molecule has 0 bridgehead atoms. The highest BCUT2D eigenvalue weighted by molar-refractivity contribution is 7.98. The molecule has 0 rings (SSSR count). The molecule has 0 heterocycles. The lowest BCUT2D eigenvalue weighted by molar-refractivity contribution is -0.119. The van der Waals surface area contributed by atoms with Gasteiger partial charge in [-0.3, -0.25) is 4.79 Å². The normalized spacial score (nSPS) is 13.0. The lowest BCUT2D eigenvalue weighted by Gasteiger charge is -2.11. The molecule has 0 aliphatic carbocycles. The number of carbonyl (C=O) groups is 1. The van der Waals surface area contributed by atoms with Gasteiger partial charge in [0.2, 0.25) is 0 Å². The van der Waals surface area contributed by atoms with Gasteiger partial charge in [0.25, 0.3) is 0 Å². The van der Waals surface area contributed by atoms with Crippen molar-refractivity contribution in [3.63, 3.8) is 0 Å². The van der Waals surface area contributed by atoms with Gasteiger partial charge in [0.05, 0.1) is 6.04 Å². The summed E-state index contributed by atoms with van der Waals surface area (Å²) in [5.41, 5.74) is 0. The van der Waals surface area contributed by atoms with Crippen LogP contribution in [-0.2, 0) is 4.79 Å². The first-order valence-electron chi connectivity index (χ1n) is 3.89. The molecule has 0 aromatic rings. The topological polar surface area (TPSA) is 29.1 Å². The Hall–Kier alpha value is -0.0200. The quantitative estimate of drug-likeness (QED) is 0.617. The van der Waals surface area contributed by atoms with E-state index in [1.54, 1.807) is 6.92 Å². The summed E-state index contributed by atoms with van der Waals surface area (Å²) in [5, 5.41) is 3.00. The number of nitrogens with one attached hydrogen (secondary N) is 1. The smallest absolute Gasteiger partial charge is 0.146 e. The molecule has 0 aromatic heterocycles. The predicted molar refractivity (Wildman–Crippen MR) is 51.1 cm³/mol. The molecular weight excluding hydrogens is 158 g/mol. The second kappa shape index (κ2) is 6.68. The number of likely N-dealkylation sites (N-methyl/N-ethyl adjacent to an activating group) is 1. The number of hydrogen-bond donors (Lipinski definition) is 1. The first kappa shape index (κ1) is 11.0. The highest BCUT2D eigenvalue weighted by Gasteiger charge is 2.09. The van der Waals surface area contributed by atoms with Gasteiger partial charge in [0.1, 0.15) is 5.78 Å². The van der Waals surface area contributed by atoms with E-state index in [1.165, 1.54) is 0 Å². The van der Waals surface area contributed by atoms with Gasteiger partial charge in [-0.1, -0.05) is 0 Å². The van der Waals surface area contributed by atoms with Crippen LogP contribution in [-0.4, -0.2) is 30.9 Å². The Kier molecular flexibility index (Phi) is 6.66. The molecule has 0 aliphatic rings. The average molecular weight is 175 g/mol. The van der Waals surface area contributed by atoms with Gasteiger partial charge < -0.3 is 5.32 Å². The Balaban J connectivity index is 3.44.